The Balaban J connectivity index is 2.75. The zero-order chi connectivity index (χ0) is 7.45. The number of carbonyl (C=O) groups is 1. The van der Waals surface area contributed by atoms with Crippen molar-refractivity contribution in [2.24, 2.45) is 0 Å². The summed E-state index contributed by atoms with van der Waals surface area (Å²) in [6, 6.07) is 0. The summed E-state index contributed by atoms with van der Waals surface area (Å²) in [5.41, 5.74) is -0.686. The quantitative estimate of drug-likeness (QED) is 0.534. The summed E-state index contributed by atoms with van der Waals surface area (Å²) in [5, 5.41) is 0. The summed E-state index contributed by atoms with van der Waals surface area (Å²) in [6.45, 7) is 0. The molecule has 0 amide bonds. The van der Waals surface area contributed by atoms with Crippen LogP contribution in [0.4, 0.5) is 0 Å². The van der Waals surface area contributed by atoms with E-state index < -0.39 is 5.60 Å². The van der Waals surface area contributed by atoms with E-state index in [1.807, 2.05) is 18.2 Å². The van der Waals surface area contributed by atoms with E-state index in [1.165, 1.54) is 7.11 Å². The van der Waals surface area contributed by atoms with E-state index in [0.717, 1.165) is 6.29 Å². The van der Waals surface area contributed by atoms with Gasteiger partial charge in [0.2, 0.25) is 0 Å². The molecular formula is C8H10O2. The molecule has 1 atom stereocenters. The van der Waals surface area contributed by atoms with Gasteiger partial charge in [0.25, 0.3) is 0 Å². The third kappa shape index (κ3) is 1.16. The molecule has 0 N–H and O–H groups in total. The van der Waals surface area contributed by atoms with E-state index in [9.17, 15) is 4.79 Å². The van der Waals surface area contributed by atoms with Crippen molar-refractivity contribution in [2.75, 3.05) is 7.11 Å². The van der Waals surface area contributed by atoms with Gasteiger partial charge in [0.05, 0.1) is 0 Å². The number of ether oxygens (including phenoxy) is 1. The predicted octanol–water partition coefficient (Wildman–Crippen LogP) is 1.09. The van der Waals surface area contributed by atoms with Crippen LogP contribution in [0, 0.1) is 0 Å². The van der Waals surface area contributed by atoms with Crippen LogP contribution in [0.2, 0.25) is 0 Å². The van der Waals surface area contributed by atoms with Crippen molar-refractivity contribution in [2.45, 2.75) is 12.0 Å². The van der Waals surface area contributed by atoms with Gasteiger partial charge in [-0.2, -0.15) is 0 Å². The molecule has 0 aromatic heterocycles. The Kier molecular flexibility index (Phi) is 2.02. The molecule has 54 valence electrons. The third-order valence-electron chi connectivity index (χ3n) is 1.64. The summed E-state index contributed by atoms with van der Waals surface area (Å²) in [4.78, 5) is 10.5. The first-order valence-corrected chi connectivity index (χ1v) is 3.19. The van der Waals surface area contributed by atoms with Crippen LogP contribution in [0.5, 0.6) is 0 Å². The lowest BCUT2D eigenvalue weighted by atomic mass is 9.97. The zero-order valence-electron chi connectivity index (χ0n) is 5.91. The lowest BCUT2D eigenvalue weighted by Gasteiger charge is -2.22. The summed E-state index contributed by atoms with van der Waals surface area (Å²) in [7, 11) is 1.54. The Morgan fingerprint density at radius 3 is 2.70 bits per heavy atom. The van der Waals surface area contributed by atoms with E-state index in [-0.39, 0.29) is 0 Å². The molecule has 1 rings (SSSR count). The van der Waals surface area contributed by atoms with E-state index >= 15 is 0 Å². The SMILES string of the molecule is COC1(C=O)C=CC=CC1. The molecule has 0 saturated carbocycles. The van der Waals surface area contributed by atoms with Crippen molar-refractivity contribution < 1.29 is 9.53 Å². The number of allylic oxidation sites excluding steroid dienone is 2. The molecule has 0 spiro atoms. The van der Waals surface area contributed by atoms with Gasteiger partial charge in [0, 0.05) is 13.5 Å². The summed E-state index contributed by atoms with van der Waals surface area (Å²) in [6.07, 6.45) is 8.87. The molecule has 1 unspecified atom stereocenters. The average molecular weight is 138 g/mol. The molecule has 1 aliphatic carbocycles. The monoisotopic (exact) mass is 138 g/mol. The standard InChI is InChI=1S/C8H10O2/c1-10-8(7-9)5-3-2-4-6-8/h2-5,7H,6H2,1H3. The maximum Gasteiger partial charge on any atom is 0.156 e. The first-order chi connectivity index (χ1) is 4.83. The maximum absolute atomic E-state index is 10.5. The Hall–Kier alpha value is -0.890. The van der Waals surface area contributed by atoms with Crippen LogP contribution in [0.1, 0.15) is 6.42 Å². The van der Waals surface area contributed by atoms with Gasteiger partial charge in [-0.05, 0) is 6.08 Å². The smallest absolute Gasteiger partial charge is 0.156 e. The Morgan fingerprint density at radius 2 is 2.40 bits per heavy atom. The lowest BCUT2D eigenvalue weighted by molar-refractivity contribution is -0.122. The van der Waals surface area contributed by atoms with Gasteiger partial charge in [-0.25, -0.2) is 0 Å². The molecular weight excluding hydrogens is 128 g/mol. The molecule has 1 aliphatic rings. The summed E-state index contributed by atoms with van der Waals surface area (Å²) < 4.78 is 5.02. The zero-order valence-corrected chi connectivity index (χ0v) is 5.91. The molecule has 0 aromatic carbocycles. The molecule has 0 bridgehead atoms. The van der Waals surface area contributed by atoms with Crippen LogP contribution < -0.4 is 0 Å². The van der Waals surface area contributed by atoms with E-state index in [0.29, 0.717) is 6.42 Å². The molecule has 0 saturated heterocycles. The highest BCUT2D eigenvalue weighted by Gasteiger charge is 2.24. The molecule has 2 nitrogen and oxygen atoms in total. The number of aldehydes is 1. The summed E-state index contributed by atoms with van der Waals surface area (Å²) in [5.74, 6) is 0. The largest absolute Gasteiger partial charge is 0.366 e. The fraction of sp³-hybridized carbons (Fsp3) is 0.375. The van der Waals surface area contributed by atoms with Crippen LogP contribution in [0.3, 0.4) is 0 Å². The fourth-order valence-corrected chi connectivity index (χ4v) is 0.904. The van der Waals surface area contributed by atoms with Crippen molar-refractivity contribution in [3.63, 3.8) is 0 Å². The predicted molar refractivity (Wildman–Crippen MR) is 38.7 cm³/mol. The number of hydrogen-bond donors (Lipinski definition) is 0. The van der Waals surface area contributed by atoms with Gasteiger partial charge in [0.15, 0.2) is 6.29 Å². The van der Waals surface area contributed by atoms with Gasteiger partial charge in [0.1, 0.15) is 5.60 Å². The van der Waals surface area contributed by atoms with Gasteiger partial charge in [-0.3, -0.25) is 4.79 Å². The highest BCUT2D eigenvalue weighted by Crippen LogP contribution is 2.18. The maximum atomic E-state index is 10.5. The van der Waals surface area contributed by atoms with Crippen molar-refractivity contribution >= 4 is 6.29 Å². The Bertz CT molecular complexity index is 182. The van der Waals surface area contributed by atoms with Gasteiger partial charge in [-0.1, -0.05) is 18.2 Å². The number of rotatable bonds is 2. The molecule has 2 heteroatoms. The number of hydrogen-bond acceptors (Lipinski definition) is 2. The minimum Gasteiger partial charge on any atom is -0.366 e. The second kappa shape index (κ2) is 2.80. The van der Waals surface area contributed by atoms with Crippen molar-refractivity contribution in [1.29, 1.82) is 0 Å². The highest BCUT2D eigenvalue weighted by molar-refractivity contribution is 5.67. The second-order valence-corrected chi connectivity index (χ2v) is 2.27. The molecule has 0 heterocycles. The van der Waals surface area contributed by atoms with Gasteiger partial charge in [-0.15, -0.1) is 0 Å². The molecule has 0 aliphatic heterocycles. The Morgan fingerprint density at radius 1 is 1.60 bits per heavy atom. The van der Waals surface area contributed by atoms with Gasteiger partial charge >= 0.3 is 0 Å². The van der Waals surface area contributed by atoms with Crippen LogP contribution in [-0.2, 0) is 9.53 Å². The van der Waals surface area contributed by atoms with Crippen LogP contribution in [0.25, 0.3) is 0 Å². The van der Waals surface area contributed by atoms with Gasteiger partial charge < -0.3 is 4.74 Å². The first kappa shape index (κ1) is 7.22. The molecule has 0 radical (unpaired) electrons. The van der Waals surface area contributed by atoms with Crippen LogP contribution >= 0.6 is 0 Å². The fourth-order valence-electron chi connectivity index (χ4n) is 0.904. The van der Waals surface area contributed by atoms with Crippen LogP contribution in [0.15, 0.2) is 24.3 Å². The number of methoxy groups -OCH3 is 1. The normalized spacial score (nSPS) is 30.5. The Labute approximate surface area is 60.2 Å². The average Bonchev–Trinajstić information content (AvgIpc) is 2.06. The van der Waals surface area contributed by atoms with Crippen LogP contribution in [-0.4, -0.2) is 19.0 Å². The second-order valence-electron chi connectivity index (χ2n) is 2.27. The first-order valence-electron chi connectivity index (χ1n) is 3.19. The molecule has 10 heavy (non-hydrogen) atoms. The van der Waals surface area contributed by atoms with Crippen molar-refractivity contribution in [3.8, 4) is 0 Å². The minimum atomic E-state index is -0.686. The topological polar surface area (TPSA) is 26.3 Å². The van der Waals surface area contributed by atoms with Crippen molar-refractivity contribution in [3.05, 3.63) is 24.3 Å². The lowest BCUT2D eigenvalue weighted by Crippen LogP contribution is -2.30. The minimum absolute atomic E-state index is 0.642. The van der Waals surface area contributed by atoms with E-state index in [1.54, 1.807) is 6.08 Å². The molecule has 0 aromatic rings. The highest BCUT2D eigenvalue weighted by atomic mass is 16.5. The van der Waals surface area contributed by atoms with E-state index in [2.05, 4.69) is 0 Å². The molecule has 0 fully saturated rings. The van der Waals surface area contributed by atoms with E-state index in [4.69, 9.17) is 4.74 Å². The number of carbonyl (C=O) groups excluding carboxylic acids is 1. The summed E-state index contributed by atoms with van der Waals surface area (Å²) >= 11 is 0. The van der Waals surface area contributed by atoms with Crippen molar-refractivity contribution in [1.82, 2.24) is 0 Å². The third-order valence-corrected chi connectivity index (χ3v) is 1.64.